The van der Waals surface area contributed by atoms with Gasteiger partial charge in [0.25, 0.3) is 0 Å². The molecule has 0 saturated heterocycles. The van der Waals surface area contributed by atoms with Crippen molar-refractivity contribution in [3.05, 3.63) is 57.3 Å². The summed E-state index contributed by atoms with van der Waals surface area (Å²) in [5, 5.41) is 3.92. The van der Waals surface area contributed by atoms with Gasteiger partial charge in [-0.1, -0.05) is 27.5 Å². The van der Waals surface area contributed by atoms with Crippen molar-refractivity contribution in [1.29, 1.82) is 0 Å². The summed E-state index contributed by atoms with van der Waals surface area (Å²) in [6.07, 6.45) is 0. The monoisotopic (exact) mass is 356 g/mol. The first-order valence-electron chi connectivity index (χ1n) is 6.12. The largest absolute Gasteiger partial charge is 0.381 e. The number of hydrogen-bond acceptors (Lipinski definition) is 2. The third kappa shape index (κ3) is 3.64. The topological polar surface area (TPSA) is 15.3 Å². The SMILES string of the molecule is CN(C)c1ccc(NCc2cc(F)ccc2Br)cc1Cl. The van der Waals surface area contributed by atoms with Crippen LogP contribution in [-0.2, 0) is 6.54 Å². The standard InChI is InChI=1S/C15H15BrClFN2/c1-20(2)15-6-4-12(8-14(15)17)19-9-10-7-11(18)3-5-13(10)16/h3-8,19H,9H2,1-2H3. The van der Waals surface area contributed by atoms with Crippen LogP contribution in [0.5, 0.6) is 0 Å². The van der Waals surface area contributed by atoms with Gasteiger partial charge >= 0.3 is 0 Å². The van der Waals surface area contributed by atoms with Crippen molar-refractivity contribution in [3.8, 4) is 0 Å². The fraction of sp³-hybridized carbons (Fsp3) is 0.200. The van der Waals surface area contributed by atoms with Crippen molar-refractivity contribution in [2.75, 3.05) is 24.3 Å². The summed E-state index contributed by atoms with van der Waals surface area (Å²) in [5.41, 5.74) is 2.72. The molecule has 0 aromatic heterocycles. The van der Waals surface area contributed by atoms with Crippen molar-refractivity contribution in [3.63, 3.8) is 0 Å². The third-order valence-electron chi connectivity index (χ3n) is 2.92. The van der Waals surface area contributed by atoms with Crippen LogP contribution >= 0.6 is 27.5 Å². The van der Waals surface area contributed by atoms with E-state index in [0.29, 0.717) is 11.6 Å². The molecule has 0 radical (unpaired) electrons. The molecule has 106 valence electrons. The van der Waals surface area contributed by atoms with Gasteiger partial charge in [0.05, 0.1) is 10.7 Å². The van der Waals surface area contributed by atoms with E-state index in [2.05, 4.69) is 21.2 Å². The summed E-state index contributed by atoms with van der Waals surface area (Å²) in [7, 11) is 3.89. The molecule has 2 aromatic carbocycles. The van der Waals surface area contributed by atoms with Crippen LogP contribution in [-0.4, -0.2) is 14.1 Å². The highest BCUT2D eigenvalue weighted by Gasteiger charge is 2.05. The Labute approximate surface area is 131 Å². The molecule has 5 heteroatoms. The summed E-state index contributed by atoms with van der Waals surface area (Å²) in [5.74, 6) is -0.244. The average molecular weight is 358 g/mol. The van der Waals surface area contributed by atoms with E-state index in [4.69, 9.17) is 11.6 Å². The van der Waals surface area contributed by atoms with Crippen LogP contribution in [0.25, 0.3) is 0 Å². The summed E-state index contributed by atoms with van der Waals surface area (Å²) < 4.78 is 14.1. The van der Waals surface area contributed by atoms with Gasteiger partial charge in [-0.25, -0.2) is 4.39 Å². The van der Waals surface area contributed by atoms with Crippen molar-refractivity contribution in [2.24, 2.45) is 0 Å². The quantitative estimate of drug-likeness (QED) is 0.835. The van der Waals surface area contributed by atoms with Crippen LogP contribution in [0, 0.1) is 5.82 Å². The highest BCUT2D eigenvalue weighted by Crippen LogP contribution is 2.28. The molecule has 0 bridgehead atoms. The first-order valence-corrected chi connectivity index (χ1v) is 7.29. The van der Waals surface area contributed by atoms with Gasteiger partial charge in [-0.2, -0.15) is 0 Å². The van der Waals surface area contributed by atoms with Crippen LogP contribution in [0.1, 0.15) is 5.56 Å². The van der Waals surface area contributed by atoms with Gasteiger partial charge in [0, 0.05) is 30.8 Å². The number of anilines is 2. The lowest BCUT2D eigenvalue weighted by atomic mass is 10.2. The number of nitrogens with zero attached hydrogens (tertiary/aromatic N) is 1. The lowest BCUT2D eigenvalue weighted by Crippen LogP contribution is -2.09. The molecule has 0 fully saturated rings. The predicted molar refractivity (Wildman–Crippen MR) is 87.2 cm³/mol. The van der Waals surface area contributed by atoms with Gasteiger partial charge in [-0.3, -0.25) is 0 Å². The van der Waals surface area contributed by atoms with Gasteiger partial charge in [0.2, 0.25) is 0 Å². The van der Waals surface area contributed by atoms with Crippen molar-refractivity contribution in [2.45, 2.75) is 6.54 Å². The molecule has 20 heavy (non-hydrogen) atoms. The van der Waals surface area contributed by atoms with E-state index in [9.17, 15) is 4.39 Å². The third-order valence-corrected chi connectivity index (χ3v) is 4.00. The maximum absolute atomic E-state index is 13.2. The van der Waals surface area contributed by atoms with Crippen LogP contribution in [0.3, 0.4) is 0 Å². The first kappa shape index (κ1) is 15.1. The summed E-state index contributed by atoms with van der Waals surface area (Å²) in [4.78, 5) is 1.95. The molecule has 0 aliphatic rings. The lowest BCUT2D eigenvalue weighted by Gasteiger charge is -2.16. The smallest absolute Gasteiger partial charge is 0.123 e. The molecular formula is C15H15BrClFN2. The van der Waals surface area contributed by atoms with Crippen LogP contribution in [0.15, 0.2) is 40.9 Å². The molecule has 0 aliphatic carbocycles. The van der Waals surface area contributed by atoms with E-state index < -0.39 is 0 Å². The molecule has 2 aromatic rings. The maximum Gasteiger partial charge on any atom is 0.123 e. The maximum atomic E-state index is 13.2. The van der Waals surface area contributed by atoms with E-state index in [-0.39, 0.29) is 5.82 Å². The molecular weight excluding hydrogens is 343 g/mol. The summed E-state index contributed by atoms with van der Waals surface area (Å²) in [6.45, 7) is 0.524. The number of nitrogens with one attached hydrogen (secondary N) is 1. The minimum Gasteiger partial charge on any atom is -0.381 e. The molecule has 0 saturated carbocycles. The zero-order chi connectivity index (χ0) is 14.7. The van der Waals surface area contributed by atoms with Crippen molar-refractivity contribution >= 4 is 38.9 Å². The Kier molecular flexibility index (Phi) is 4.89. The van der Waals surface area contributed by atoms with Crippen molar-refractivity contribution in [1.82, 2.24) is 0 Å². The second kappa shape index (κ2) is 6.46. The Morgan fingerprint density at radius 2 is 1.95 bits per heavy atom. The highest BCUT2D eigenvalue weighted by molar-refractivity contribution is 9.10. The van der Waals surface area contributed by atoms with Crippen LogP contribution < -0.4 is 10.2 Å². The minimum absolute atomic E-state index is 0.244. The van der Waals surface area contributed by atoms with E-state index in [1.807, 2.05) is 37.2 Å². The Bertz CT molecular complexity index is 617. The fourth-order valence-corrected chi connectivity index (χ4v) is 2.59. The van der Waals surface area contributed by atoms with E-state index >= 15 is 0 Å². The van der Waals surface area contributed by atoms with E-state index in [1.54, 1.807) is 6.07 Å². The molecule has 0 heterocycles. The van der Waals surface area contributed by atoms with E-state index in [1.165, 1.54) is 12.1 Å². The Balaban J connectivity index is 2.11. The van der Waals surface area contributed by atoms with Crippen LogP contribution in [0.4, 0.5) is 15.8 Å². The summed E-state index contributed by atoms with van der Waals surface area (Å²) >= 11 is 9.62. The van der Waals surface area contributed by atoms with Gasteiger partial charge in [0.15, 0.2) is 0 Å². The zero-order valence-corrected chi connectivity index (χ0v) is 13.6. The van der Waals surface area contributed by atoms with Gasteiger partial charge in [-0.05, 0) is 42.0 Å². The normalized spacial score (nSPS) is 10.4. The highest BCUT2D eigenvalue weighted by atomic mass is 79.9. The minimum atomic E-state index is -0.244. The first-order chi connectivity index (χ1) is 9.47. The molecule has 2 rings (SSSR count). The molecule has 0 unspecified atom stereocenters. The number of rotatable bonds is 4. The van der Waals surface area contributed by atoms with Crippen molar-refractivity contribution < 1.29 is 4.39 Å². The molecule has 0 spiro atoms. The molecule has 0 amide bonds. The zero-order valence-electron chi connectivity index (χ0n) is 11.3. The molecule has 0 aliphatic heterocycles. The second-order valence-electron chi connectivity index (χ2n) is 4.65. The van der Waals surface area contributed by atoms with Gasteiger partial charge in [-0.15, -0.1) is 0 Å². The van der Waals surface area contributed by atoms with E-state index in [0.717, 1.165) is 21.4 Å². The predicted octanol–water partition coefficient (Wildman–Crippen LogP) is 4.92. The van der Waals surface area contributed by atoms with Gasteiger partial charge in [0.1, 0.15) is 5.82 Å². The number of halogens is 3. The Hall–Kier alpha value is -1.26. The lowest BCUT2D eigenvalue weighted by molar-refractivity contribution is 0.625. The number of benzene rings is 2. The summed E-state index contributed by atoms with van der Waals surface area (Å²) in [6, 6.07) is 10.4. The molecule has 0 atom stereocenters. The Morgan fingerprint density at radius 1 is 1.20 bits per heavy atom. The average Bonchev–Trinajstić information content (AvgIpc) is 2.39. The van der Waals surface area contributed by atoms with Gasteiger partial charge < -0.3 is 10.2 Å². The molecule has 2 nitrogen and oxygen atoms in total. The Morgan fingerprint density at radius 3 is 2.60 bits per heavy atom. The molecule has 1 N–H and O–H groups in total. The fourth-order valence-electron chi connectivity index (χ4n) is 1.86. The second-order valence-corrected chi connectivity index (χ2v) is 5.91. The van der Waals surface area contributed by atoms with Crippen LogP contribution in [0.2, 0.25) is 5.02 Å². The number of hydrogen-bond donors (Lipinski definition) is 1.